The molecule has 1 aliphatic heterocycles. The summed E-state index contributed by atoms with van der Waals surface area (Å²) < 4.78 is 27.2. The van der Waals surface area contributed by atoms with Gasteiger partial charge in [0.25, 0.3) is 0 Å². The molecule has 1 saturated heterocycles. The first-order valence-electron chi connectivity index (χ1n) is 9.53. The Morgan fingerprint density at radius 1 is 1.07 bits per heavy atom. The van der Waals surface area contributed by atoms with Crippen LogP contribution in [0.2, 0.25) is 5.02 Å². The van der Waals surface area contributed by atoms with Crippen molar-refractivity contribution in [1.82, 2.24) is 9.29 Å². The first kappa shape index (κ1) is 20.3. The van der Waals surface area contributed by atoms with Gasteiger partial charge in [-0.1, -0.05) is 36.2 Å². The molecule has 8 heteroatoms. The van der Waals surface area contributed by atoms with Crippen LogP contribution >= 0.6 is 22.9 Å². The average molecular weight is 448 g/mol. The summed E-state index contributed by atoms with van der Waals surface area (Å²) >= 11 is 7.67. The largest absolute Gasteiger partial charge is 0.331 e. The van der Waals surface area contributed by atoms with Gasteiger partial charge in [-0.25, -0.2) is 13.4 Å². The van der Waals surface area contributed by atoms with Crippen LogP contribution in [0.1, 0.15) is 24.8 Å². The van der Waals surface area contributed by atoms with Crippen LogP contribution in [-0.4, -0.2) is 30.8 Å². The highest BCUT2D eigenvalue weighted by Gasteiger charge is 2.25. The van der Waals surface area contributed by atoms with Crippen molar-refractivity contribution >= 4 is 43.8 Å². The molecule has 2 aromatic carbocycles. The van der Waals surface area contributed by atoms with Gasteiger partial charge in [0.15, 0.2) is 5.13 Å². The smallest absolute Gasteiger partial charge is 0.243 e. The summed E-state index contributed by atoms with van der Waals surface area (Å²) in [7, 11) is -3.41. The Kier molecular flexibility index (Phi) is 5.92. The Balaban J connectivity index is 1.50. The van der Waals surface area contributed by atoms with Gasteiger partial charge in [-0.15, -0.1) is 11.3 Å². The Morgan fingerprint density at radius 3 is 2.48 bits per heavy atom. The van der Waals surface area contributed by atoms with Gasteiger partial charge in [-0.2, -0.15) is 4.31 Å². The third-order valence-electron chi connectivity index (χ3n) is 5.03. The van der Waals surface area contributed by atoms with Crippen molar-refractivity contribution < 1.29 is 8.42 Å². The molecular formula is C21H22ClN3O2S2. The molecule has 152 valence electrons. The number of rotatable bonds is 5. The van der Waals surface area contributed by atoms with Crippen LogP contribution in [-0.2, 0) is 10.0 Å². The molecule has 0 bridgehead atoms. The minimum absolute atomic E-state index is 0.339. The highest BCUT2D eigenvalue weighted by atomic mass is 35.5. The average Bonchev–Trinajstić information content (AvgIpc) is 3.20. The molecule has 3 aromatic rings. The Morgan fingerprint density at radius 2 is 1.79 bits per heavy atom. The molecule has 1 aliphatic rings. The SMILES string of the molecule is Cc1ccc(Nc2nc(-c3ccc(S(=O)(=O)N4CCCCC4)cc3)cs2)cc1Cl. The summed E-state index contributed by atoms with van der Waals surface area (Å²) in [5, 5.41) is 6.67. The molecule has 4 rings (SSSR count). The fourth-order valence-corrected chi connectivity index (χ4v) is 5.75. The monoisotopic (exact) mass is 447 g/mol. The summed E-state index contributed by atoms with van der Waals surface area (Å²) in [6, 6.07) is 12.8. The van der Waals surface area contributed by atoms with Crippen LogP contribution in [0.3, 0.4) is 0 Å². The van der Waals surface area contributed by atoms with Gasteiger partial charge in [-0.05, 0) is 49.6 Å². The second-order valence-electron chi connectivity index (χ2n) is 7.12. The maximum atomic E-state index is 12.8. The molecule has 0 aliphatic carbocycles. The zero-order chi connectivity index (χ0) is 20.4. The fourth-order valence-electron chi connectivity index (χ4n) is 3.31. The number of halogens is 1. The molecule has 29 heavy (non-hydrogen) atoms. The Bertz CT molecular complexity index is 1110. The first-order chi connectivity index (χ1) is 13.9. The number of hydrogen-bond donors (Lipinski definition) is 1. The summed E-state index contributed by atoms with van der Waals surface area (Å²) in [5.41, 5.74) is 3.59. The first-order valence-corrected chi connectivity index (χ1v) is 12.2. The molecule has 1 fully saturated rings. The number of nitrogens with one attached hydrogen (secondary N) is 1. The van der Waals surface area contributed by atoms with Gasteiger partial charge in [-0.3, -0.25) is 0 Å². The maximum absolute atomic E-state index is 12.8. The quantitative estimate of drug-likeness (QED) is 0.545. The van der Waals surface area contributed by atoms with Crippen LogP contribution in [0.25, 0.3) is 11.3 Å². The predicted octanol–water partition coefficient (Wildman–Crippen LogP) is 5.69. The number of aromatic nitrogens is 1. The molecule has 0 amide bonds. The molecule has 0 unspecified atom stereocenters. The zero-order valence-electron chi connectivity index (χ0n) is 16.1. The molecule has 2 heterocycles. The van der Waals surface area contributed by atoms with Gasteiger partial charge in [0.1, 0.15) is 0 Å². The second kappa shape index (κ2) is 8.44. The van der Waals surface area contributed by atoms with E-state index < -0.39 is 10.0 Å². The van der Waals surface area contributed by atoms with E-state index in [0.29, 0.717) is 23.0 Å². The number of piperidine rings is 1. The van der Waals surface area contributed by atoms with Crippen molar-refractivity contribution in [2.24, 2.45) is 0 Å². The number of aryl methyl sites for hydroxylation is 1. The summed E-state index contributed by atoms with van der Waals surface area (Å²) in [6.07, 6.45) is 2.95. The number of thiazole rings is 1. The van der Waals surface area contributed by atoms with E-state index in [0.717, 1.165) is 46.9 Å². The Hall–Kier alpha value is -1.93. The second-order valence-corrected chi connectivity index (χ2v) is 10.3. The lowest BCUT2D eigenvalue weighted by molar-refractivity contribution is 0.346. The Labute approximate surface area is 180 Å². The van der Waals surface area contributed by atoms with Crippen LogP contribution in [0.4, 0.5) is 10.8 Å². The topological polar surface area (TPSA) is 62.3 Å². The lowest BCUT2D eigenvalue weighted by Crippen LogP contribution is -2.35. The predicted molar refractivity (Wildman–Crippen MR) is 120 cm³/mol. The van der Waals surface area contributed by atoms with Crippen LogP contribution < -0.4 is 5.32 Å². The third-order valence-corrected chi connectivity index (χ3v) is 8.11. The fraction of sp³-hybridized carbons (Fsp3) is 0.286. The van der Waals surface area contributed by atoms with E-state index >= 15 is 0 Å². The standard InChI is InChI=1S/C21H22ClN3O2S2/c1-15-5-8-17(13-19(15)22)23-21-24-20(14-28-21)16-6-9-18(10-7-16)29(26,27)25-11-3-2-4-12-25/h5-10,13-14H,2-4,11-12H2,1H3,(H,23,24). The zero-order valence-corrected chi connectivity index (χ0v) is 18.4. The molecule has 1 aromatic heterocycles. The number of sulfonamides is 1. The number of anilines is 2. The summed E-state index contributed by atoms with van der Waals surface area (Å²) in [4.78, 5) is 4.95. The van der Waals surface area contributed by atoms with Gasteiger partial charge < -0.3 is 5.32 Å². The molecule has 0 atom stereocenters. The van der Waals surface area contributed by atoms with E-state index in [1.54, 1.807) is 16.4 Å². The van der Waals surface area contributed by atoms with Gasteiger partial charge >= 0.3 is 0 Å². The third kappa shape index (κ3) is 4.48. The number of benzene rings is 2. The van der Waals surface area contributed by atoms with Crippen molar-refractivity contribution in [1.29, 1.82) is 0 Å². The van der Waals surface area contributed by atoms with Gasteiger partial charge in [0.05, 0.1) is 10.6 Å². The number of nitrogens with zero attached hydrogens (tertiary/aromatic N) is 2. The van der Waals surface area contributed by atoms with E-state index in [2.05, 4.69) is 10.3 Å². The van der Waals surface area contributed by atoms with Crippen LogP contribution in [0.5, 0.6) is 0 Å². The van der Waals surface area contributed by atoms with E-state index in [4.69, 9.17) is 11.6 Å². The van der Waals surface area contributed by atoms with Crippen molar-refractivity contribution in [2.75, 3.05) is 18.4 Å². The molecule has 0 spiro atoms. The van der Waals surface area contributed by atoms with Crippen molar-refractivity contribution in [3.8, 4) is 11.3 Å². The van der Waals surface area contributed by atoms with Crippen molar-refractivity contribution in [3.05, 3.63) is 58.4 Å². The highest BCUT2D eigenvalue weighted by Crippen LogP contribution is 2.30. The minimum Gasteiger partial charge on any atom is -0.331 e. The lowest BCUT2D eigenvalue weighted by atomic mass is 10.2. The van der Waals surface area contributed by atoms with Crippen LogP contribution in [0.15, 0.2) is 52.7 Å². The molecule has 0 radical (unpaired) electrons. The van der Waals surface area contributed by atoms with E-state index in [-0.39, 0.29) is 0 Å². The van der Waals surface area contributed by atoms with Crippen molar-refractivity contribution in [3.63, 3.8) is 0 Å². The van der Waals surface area contributed by atoms with E-state index in [1.807, 2.05) is 42.6 Å². The maximum Gasteiger partial charge on any atom is 0.243 e. The van der Waals surface area contributed by atoms with E-state index in [9.17, 15) is 8.42 Å². The van der Waals surface area contributed by atoms with Crippen LogP contribution in [0, 0.1) is 6.92 Å². The lowest BCUT2D eigenvalue weighted by Gasteiger charge is -2.25. The normalized spacial score (nSPS) is 15.4. The molecule has 5 nitrogen and oxygen atoms in total. The molecular weight excluding hydrogens is 426 g/mol. The summed E-state index contributed by atoms with van der Waals surface area (Å²) in [6.45, 7) is 3.17. The summed E-state index contributed by atoms with van der Waals surface area (Å²) in [5.74, 6) is 0. The van der Waals surface area contributed by atoms with Gasteiger partial charge in [0.2, 0.25) is 10.0 Å². The minimum atomic E-state index is -3.41. The van der Waals surface area contributed by atoms with Crippen molar-refractivity contribution in [2.45, 2.75) is 31.1 Å². The number of hydrogen-bond acceptors (Lipinski definition) is 5. The molecule has 0 saturated carbocycles. The highest BCUT2D eigenvalue weighted by molar-refractivity contribution is 7.89. The molecule has 1 N–H and O–H groups in total. The van der Waals surface area contributed by atoms with E-state index in [1.165, 1.54) is 11.3 Å². The van der Waals surface area contributed by atoms with Gasteiger partial charge in [0, 0.05) is 34.7 Å².